The maximum Gasteiger partial charge on any atom is 0.237 e. The van der Waals surface area contributed by atoms with Crippen molar-refractivity contribution < 1.29 is 0 Å². The lowest BCUT2D eigenvalue weighted by atomic mass is 10.1. The van der Waals surface area contributed by atoms with E-state index < -0.39 is 0 Å². The second-order valence-corrected chi connectivity index (χ2v) is 12.0. The summed E-state index contributed by atoms with van der Waals surface area (Å²) in [4.78, 5) is 10.6. The van der Waals surface area contributed by atoms with E-state index in [0.29, 0.717) is 5.95 Å². The van der Waals surface area contributed by atoms with E-state index in [2.05, 4.69) is 147 Å². The molecule has 0 aliphatic heterocycles. The van der Waals surface area contributed by atoms with Gasteiger partial charge in [-0.2, -0.15) is 4.98 Å². The van der Waals surface area contributed by atoms with Crippen LogP contribution in [0.1, 0.15) is 27.8 Å². The molecule has 0 saturated carbocycles. The van der Waals surface area contributed by atoms with Crippen LogP contribution >= 0.6 is 0 Å². The molecular weight excluding hydrogens is 524 g/mol. The van der Waals surface area contributed by atoms with Crippen LogP contribution in [-0.4, -0.2) is 19.1 Å². The van der Waals surface area contributed by atoms with E-state index in [9.17, 15) is 0 Å². The van der Waals surface area contributed by atoms with Gasteiger partial charge in [0, 0.05) is 33.2 Å². The normalized spacial score (nSPS) is 11.8. The van der Waals surface area contributed by atoms with E-state index in [1.807, 2.05) is 0 Å². The summed E-state index contributed by atoms with van der Waals surface area (Å²) >= 11 is 0. The summed E-state index contributed by atoms with van der Waals surface area (Å²) in [5.74, 6) is 1.51. The molecule has 4 nitrogen and oxygen atoms in total. The van der Waals surface area contributed by atoms with E-state index >= 15 is 0 Å². The number of benzene rings is 5. The van der Waals surface area contributed by atoms with Gasteiger partial charge in [0.05, 0.1) is 27.8 Å². The third-order valence-electron chi connectivity index (χ3n) is 8.63. The average Bonchev–Trinajstić information content (AvgIpc) is 3.48. The van der Waals surface area contributed by atoms with E-state index in [0.717, 1.165) is 39.1 Å². The van der Waals surface area contributed by atoms with Crippen LogP contribution in [-0.2, 0) is 0 Å². The molecule has 4 heteroatoms. The van der Waals surface area contributed by atoms with Crippen LogP contribution in [0.3, 0.4) is 0 Å². The number of aryl methyl sites for hydroxylation is 5. The average molecular weight is 557 g/mol. The Kier molecular flexibility index (Phi) is 5.57. The molecule has 8 aromatic rings. The first-order chi connectivity index (χ1) is 20.8. The largest absolute Gasteiger partial charge is 0.294 e. The van der Waals surface area contributed by atoms with Crippen molar-refractivity contribution in [3.63, 3.8) is 0 Å². The highest BCUT2D eigenvalue weighted by molar-refractivity contribution is 6.10. The zero-order valence-corrected chi connectivity index (χ0v) is 25.1. The SMILES string of the molecule is Cc1ccc(-c2cc(-n3c4ccc(C)cc4c4cc(C)ccc43)nc(-n3c4ccc(C)cc4c4cc(C)ccc43)n2)cc1. The van der Waals surface area contributed by atoms with Gasteiger partial charge < -0.3 is 0 Å². The van der Waals surface area contributed by atoms with Gasteiger partial charge in [0.1, 0.15) is 5.82 Å². The molecule has 0 spiro atoms. The molecule has 3 aromatic heterocycles. The molecule has 43 heavy (non-hydrogen) atoms. The molecule has 0 bridgehead atoms. The Hall–Kier alpha value is -5.22. The first-order valence-electron chi connectivity index (χ1n) is 14.8. The minimum atomic E-state index is 0.662. The Labute approximate surface area is 250 Å². The lowest BCUT2D eigenvalue weighted by Gasteiger charge is -2.14. The van der Waals surface area contributed by atoms with Crippen LogP contribution in [0.15, 0.2) is 103 Å². The molecule has 0 saturated heterocycles. The smallest absolute Gasteiger partial charge is 0.237 e. The van der Waals surface area contributed by atoms with Crippen LogP contribution in [0.25, 0.3) is 66.6 Å². The molecule has 5 aromatic carbocycles. The maximum atomic E-state index is 5.37. The van der Waals surface area contributed by atoms with Crippen molar-refractivity contribution in [2.45, 2.75) is 34.6 Å². The lowest BCUT2D eigenvalue weighted by Crippen LogP contribution is -2.07. The summed E-state index contributed by atoms with van der Waals surface area (Å²) in [5.41, 5.74) is 12.6. The first kappa shape index (κ1) is 25.5. The molecule has 0 unspecified atom stereocenters. The predicted molar refractivity (Wildman–Crippen MR) is 180 cm³/mol. The monoisotopic (exact) mass is 556 g/mol. The summed E-state index contributed by atoms with van der Waals surface area (Å²) < 4.78 is 4.53. The van der Waals surface area contributed by atoms with Crippen LogP contribution in [0.4, 0.5) is 0 Å². The molecule has 0 amide bonds. The Morgan fingerprint density at radius 2 is 0.791 bits per heavy atom. The summed E-state index contributed by atoms with van der Waals surface area (Å²) in [7, 11) is 0. The van der Waals surface area contributed by atoms with Crippen molar-refractivity contribution in [3.05, 3.63) is 131 Å². The summed E-state index contributed by atoms with van der Waals surface area (Å²) in [6, 6.07) is 37.4. The molecule has 0 aliphatic rings. The highest BCUT2D eigenvalue weighted by atomic mass is 15.2. The molecule has 8 rings (SSSR count). The molecule has 0 radical (unpaired) electrons. The van der Waals surface area contributed by atoms with Gasteiger partial charge in [-0.05, 0) is 83.1 Å². The third kappa shape index (κ3) is 4.05. The van der Waals surface area contributed by atoms with Crippen molar-refractivity contribution in [1.82, 2.24) is 19.1 Å². The second-order valence-electron chi connectivity index (χ2n) is 12.0. The Morgan fingerprint density at radius 1 is 0.395 bits per heavy atom. The summed E-state index contributed by atoms with van der Waals surface area (Å²) in [6.45, 7) is 10.7. The van der Waals surface area contributed by atoms with Gasteiger partial charge in [0.25, 0.3) is 0 Å². The quantitative estimate of drug-likeness (QED) is 0.217. The van der Waals surface area contributed by atoms with Crippen LogP contribution in [0.2, 0.25) is 0 Å². The van der Waals surface area contributed by atoms with Gasteiger partial charge in [-0.3, -0.25) is 9.13 Å². The van der Waals surface area contributed by atoms with Gasteiger partial charge in [-0.15, -0.1) is 0 Å². The number of hydrogen-bond acceptors (Lipinski definition) is 2. The number of rotatable bonds is 3. The molecule has 0 aliphatic carbocycles. The second kappa shape index (κ2) is 9.40. The van der Waals surface area contributed by atoms with E-state index in [1.54, 1.807) is 0 Å². The topological polar surface area (TPSA) is 35.6 Å². The van der Waals surface area contributed by atoms with Gasteiger partial charge in [0.2, 0.25) is 5.95 Å². The van der Waals surface area contributed by atoms with Crippen LogP contribution in [0.5, 0.6) is 0 Å². The predicted octanol–water partition coefficient (Wildman–Crippen LogP) is 9.88. The fourth-order valence-corrected chi connectivity index (χ4v) is 6.47. The van der Waals surface area contributed by atoms with E-state index in [4.69, 9.17) is 9.97 Å². The molecule has 0 N–H and O–H groups in total. The van der Waals surface area contributed by atoms with E-state index in [1.165, 1.54) is 49.4 Å². The van der Waals surface area contributed by atoms with Crippen molar-refractivity contribution in [3.8, 4) is 23.0 Å². The highest BCUT2D eigenvalue weighted by Crippen LogP contribution is 2.36. The Morgan fingerprint density at radius 3 is 1.23 bits per heavy atom. The van der Waals surface area contributed by atoms with Gasteiger partial charge in [-0.25, -0.2) is 4.98 Å². The number of hydrogen-bond donors (Lipinski definition) is 0. The number of fused-ring (bicyclic) bond motifs is 6. The minimum absolute atomic E-state index is 0.662. The molecule has 3 heterocycles. The number of aromatic nitrogens is 4. The van der Waals surface area contributed by atoms with E-state index in [-0.39, 0.29) is 0 Å². The minimum Gasteiger partial charge on any atom is -0.294 e. The van der Waals surface area contributed by atoms with Crippen molar-refractivity contribution in [1.29, 1.82) is 0 Å². The van der Waals surface area contributed by atoms with Gasteiger partial charge in [-0.1, -0.05) is 76.3 Å². The molecule has 208 valence electrons. The van der Waals surface area contributed by atoms with Crippen molar-refractivity contribution >= 4 is 43.6 Å². The summed E-state index contributed by atoms with van der Waals surface area (Å²) in [5, 5.41) is 4.90. The fraction of sp³-hybridized carbons (Fsp3) is 0.128. The van der Waals surface area contributed by atoms with Crippen molar-refractivity contribution in [2.24, 2.45) is 0 Å². The fourth-order valence-electron chi connectivity index (χ4n) is 6.47. The highest BCUT2D eigenvalue weighted by Gasteiger charge is 2.20. The maximum absolute atomic E-state index is 5.37. The van der Waals surface area contributed by atoms with Crippen LogP contribution < -0.4 is 0 Å². The zero-order chi connectivity index (χ0) is 29.4. The molecular formula is C39H32N4. The Balaban J connectivity index is 1.50. The van der Waals surface area contributed by atoms with Crippen LogP contribution in [0, 0.1) is 34.6 Å². The zero-order valence-electron chi connectivity index (χ0n) is 25.1. The van der Waals surface area contributed by atoms with Crippen molar-refractivity contribution in [2.75, 3.05) is 0 Å². The standard InChI is InChI=1S/C39H32N4/c1-23-6-12-28(13-7-23)33-22-38(42-34-14-8-24(2)18-29(34)30-19-25(3)9-15-35(30)42)41-39(40-33)43-36-16-10-26(4)20-31(36)32-21-27(5)11-17-37(32)43/h6-22H,1-5H3. The number of nitrogens with zero attached hydrogens (tertiary/aromatic N) is 4. The summed E-state index contributed by atoms with van der Waals surface area (Å²) in [6.07, 6.45) is 0. The lowest BCUT2D eigenvalue weighted by molar-refractivity contribution is 0.951. The van der Waals surface area contributed by atoms with Gasteiger partial charge >= 0.3 is 0 Å². The molecule has 0 atom stereocenters. The van der Waals surface area contributed by atoms with Gasteiger partial charge in [0.15, 0.2) is 0 Å². The first-order valence-corrected chi connectivity index (χ1v) is 14.8. The molecule has 0 fully saturated rings. The third-order valence-corrected chi connectivity index (χ3v) is 8.63. The Bertz CT molecular complexity index is 2120.